The maximum absolute atomic E-state index is 11.7. The summed E-state index contributed by atoms with van der Waals surface area (Å²) in [5.74, 6) is -0.0552. The van der Waals surface area contributed by atoms with Gasteiger partial charge in [0.05, 0.1) is 19.8 Å². The quantitative estimate of drug-likeness (QED) is 0.0358. The van der Waals surface area contributed by atoms with Crippen LogP contribution in [0.4, 0.5) is 0 Å². The summed E-state index contributed by atoms with van der Waals surface area (Å²) >= 11 is 0. The molecule has 0 radical (unpaired) electrons. The third kappa shape index (κ3) is 39.2. The monoisotopic (exact) mass is 782 g/mol. The molecule has 0 aliphatic carbocycles. The number of ketones is 2. The SMILES string of the molecule is CC(C)=O.CCCC[C@H](C)/C(C)=C(/NC=O)C(=O)OCC.CCCC[C@H](C)/C(C)=C(\NC=O)C(=O)OCC.CCCC[C@H](C)C(C)=O.[C-]#[N+]CC(=O)OCC. The molecule has 318 valence electrons. The molecule has 0 saturated carbocycles. The smallest absolute Gasteiger partial charge is 0.387 e. The molecule has 0 heterocycles. The van der Waals surface area contributed by atoms with Crippen molar-refractivity contribution in [3.63, 3.8) is 0 Å². The van der Waals surface area contributed by atoms with Crippen LogP contribution >= 0.6 is 0 Å². The van der Waals surface area contributed by atoms with Gasteiger partial charge >= 0.3 is 24.5 Å². The minimum Gasteiger partial charge on any atom is -0.461 e. The van der Waals surface area contributed by atoms with E-state index in [1.807, 2.05) is 20.8 Å². The second-order valence-electron chi connectivity index (χ2n) is 12.9. The summed E-state index contributed by atoms with van der Waals surface area (Å²) in [6, 6.07) is 0. The van der Waals surface area contributed by atoms with Gasteiger partial charge in [-0.1, -0.05) is 80.1 Å². The summed E-state index contributed by atoms with van der Waals surface area (Å²) in [4.78, 5) is 77.5. The van der Waals surface area contributed by atoms with E-state index in [-0.39, 0.29) is 41.5 Å². The molecule has 0 aromatic rings. The fraction of sp³-hybridized carbons (Fsp3) is 0.714. The van der Waals surface area contributed by atoms with E-state index in [4.69, 9.17) is 16.0 Å². The Labute approximate surface area is 333 Å². The largest absolute Gasteiger partial charge is 0.461 e. The van der Waals surface area contributed by atoms with Gasteiger partial charge in [0.25, 0.3) is 0 Å². The molecule has 2 amide bonds. The predicted octanol–water partition coefficient (Wildman–Crippen LogP) is 8.26. The summed E-state index contributed by atoms with van der Waals surface area (Å²) in [6.07, 6.45) is 10.9. The third-order valence-electron chi connectivity index (χ3n) is 7.81. The maximum atomic E-state index is 11.7. The molecule has 55 heavy (non-hydrogen) atoms. The Kier molecular flexibility index (Phi) is 46.2. The van der Waals surface area contributed by atoms with Crippen LogP contribution in [0.5, 0.6) is 0 Å². The number of carbonyl (C=O) groups is 7. The number of unbranched alkanes of at least 4 members (excludes halogenated alkanes) is 3. The number of nitrogens with one attached hydrogen (secondary N) is 2. The predicted molar refractivity (Wildman–Crippen MR) is 218 cm³/mol. The maximum Gasteiger partial charge on any atom is 0.387 e. The summed E-state index contributed by atoms with van der Waals surface area (Å²) in [6.45, 7) is 33.2. The van der Waals surface area contributed by atoms with E-state index in [2.05, 4.69) is 54.8 Å². The molecule has 0 bridgehead atoms. The van der Waals surface area contributed by atoms with Crippen LogP contribution in [0.25, 0.3) is 4.85 Å². The Hall–Kier alpha value is -4.34. The van der Waals surface area contributed by atoms with Crippen molar-refractivity contribution in [1.82, 2.24) is 10.6 Å². The van der Waals surface area contributed by atoms with Crippen molar-refractivity contribution in [1.29, 1.82) is 0 Å². The van der Waals surface area contributed by atoms with Gasteiger partial charge in [-0.05, 0) is 97.6 Å². The summed E-state index contributed by atoms with van der Waals surface area (Å²) in [5.41, 5.74) is 2.32. The van der Waals surface area contributed by atoms with Crippen LogP contribution < -0.4 is 10.6 Å². The molecule has 0 unspecified atom stereocenters. The lowest BCUT2D eigenvalue weighted by Gasteiger charge is -2.16. The summed E-state index contributed by atoms with van der Waals surface area (Å²) < 4.78 is 14.3. The highest BCUT2D eigenvalue weighted by Gasteiger charge is 2.18. The number of Topliss-reactive ketones (excluding diaryl/α,β-unsaturated/α-hetero) is 2. The zero-order chi connectivity index (χ0) is 43.8. The zero-order valence-corrected chi connectivity index (χ0v) is 36.6. The number of esters is 3. The van der Waals surface area contributed by atoms with Gasteiger partial charge in [0.2, 0.25) is 12.8 Å². The molecular weight excluding hydrogens is 706 g/mol. The van der Waals surface area contributed by atoms with Crippen molar-refractivity contribution in [2.45, 2.75) is 155 Å². The van der Waals surface area contributed by atoms with Gasteiger partial charge in [0.15, 0.2) is 0 Å². The summed E-state index contributed by atoms with van der Waals surface area (Å²) in [5, 5.41) is 4.90. The number of rotatable bonds is 22. The normalized spacial score (nSPS) is 12.2. The molecule has 0 rings (SSSR count). The first kappa shape index (κ1) is 59.9. The molecule has 0 aliphatic heterocycles. The number of allylic oxidation sites excluding steroid dienone is 2. The van der Waals surface area contributed by atoms with Crippen molar-refractivity contribution in [3.05, 3.63) is 34.0 Å². The van der Waals surface area contributed by atoms with Gasteiger partial charge in [-0.3, -0.25) is 14.4 Å². The standard InChI is InChI=1S/2C13H23NO3.C8H16O.C5H7NO2.C3H6O/c2*1-5-7-8-10(3)11(4)12(14-9-15)13(16)17-6-2;1-4-5-6-7(2)8(3)9;1-3-8-5(7)4-6-2;1-3(2)4/h2*9-10H,5-8H2,1-4H3,(H,14,15);7H,4-6H2,1-3H3;3-4H2,1H3;1-2H3/b12-11+;12-11-;;;/t2*10-;7-;;/m000../s1. The molecule has 3 atom stereocenters. The Morgan fingerprint density at radius 1 is 0.582 bits per heavy atom. The van der Waals surface area contributed by atoms with Crippen LogP contribution in [0.15, 0.2) is 22.5 Å². The van der Waals surface area contributed by atoms with Gasteiger partial charge in [-0.2, -0.15) is 0 Å². The number of ether oxygens (including phenoxy) is 3. The molecule has 0 fully saturated rings. The second-order valence-corrected chi connectivity index (χ2v) is 12.9. The molecule has 2 N–H and O–H groups in total. The minimum atomic E-state index is -0.458. The number of carbonyl (C=O) groups excluding carboxylic acids is 7. The van der Waals surface area contributed by atoms with E-state index in [0.717, 1.165) is 56.1 Å². The minimum absolute atomic E-state index is 0.159. The van der Waals surface area contributed by atoms with Crippen molar-refractivity contribution >= 4 is 42.3 Å². The Balaban J connectivity index is -0.000000204. The molecule has 0 saturated heterocycles. The first-order chi connectivity index (χ1) is 25.9. The van der Waals surface area contributed by atoms with E-state index < -0.39 is 17.9 Å². The number of hydrogen-bond donors (Lipinski definition) is 2. The number of nitrogens with zero attached hydrogens (tertiary/aromatic N) is 1. The van der Waals surface area contributed by atoms with Gasteiger partial charge in [-0.25, -0.2) is 21.0 Å². The topological polar surface area (TPSA) is 176 Å². The van der Waals surface area contributed by atoms with Crippen LogP contribution in [0.1, 0.15) is 155 Å². The number of amides is 2. The zero-order valence-electron chi connectivity index (χ0n) is 36.6. The lowest BCUT2D eigenvalue weighted by atomic mass is 9.95. The van der Waals surface area contributed by atoms with Gasteiger partial charge < -0.3 is 34.5 Å². The average molecular weight is 782 g/mol. The first-order valence-electron chi connectivity index (χ1n) is 19.5. The van der Waals surface area contributed by atoms with E-state index in [0.29, 0.717) is 38.4 Å². The van der Waals surface area contributed by atoms with Crippen LogP contribution in [0.3, 0.4) is 0 Å². The summed E-state index contributed by atoms with van der Waals surface area (Å²) in [7, 11) is 0. The van der Waals surface area contributed by atoms with Crippen LogP contribution in [-0.4, -0.2) is 68.7 Å². The van der Waals surface area contributed by atoms with E-state index in [1.54, 1.807) is 27.7 Å². The fourth-order valence-electron chi connectivity index (χ4n) is 4.12. The average Bonchev–Trinajstić information content (AvgIpc) is 3.13. The van der Waals surface area contributed by atoms with Gasteiger partial charge in [0.1, 0.15) is 23.0 Å². The van der Waals surface area contributed by atoms with Gasteiger partial charge in [-0.15, -0.1) is 0 Å². The Bertz CT molecular complexity index is 1130. The Morgan fingerprint density at radius 2 is 0.891 bits per heavy atom. The van der Waals surface area contributed by atoms with Crippen molar-refractivity contribution in [3.8, 4) is 0 Å². The molecule has 13 heteroatoms. The van der Waals surface area contributed by atoms with Crippen molar-refractivity contribution in [2.75, 3.05) is 26.4 Å². The highest BCUT2D eigenvalue weighted by Crippen LogP contribution is 2.21. The lowest BCUT2D eigenvalue weighted by molar-refractivity contribution is -0.141. The van der Waals surface area contributed by atoms with Crippen LogP contribution in [0, 0.1) is 24.3 Å². The first-order valence-corrected chi connectivity index (χ1v) is 19.5. The van der Waals surface area contributed by atoms with E-state index in [1.165, 1.54) is 26.7 Å². The third-order valence-corrected chi connectivity index (χ3v) is 7.81. The van der Waals surface area contributed by atoms with Crippen LogP contribution in [-0.2, 0) is 47.8 Å². The lowest BCUT2D eigenvalue weighted by Crippen LogP contribution is -2.24. The highest BCUT2D eigenvalue weighted by molar-refractivity contribution is 5.91. The molecule has 0 aromatic carbocycles. The molecular formula is C42H75N3O10. The molecule has 13 nitrogen and oxygen atoms in total. The van der Waals surface area contributed by atoms with Gasteiger partial charge in [0, 0.05) is 5.92 Å². The molecule has 0 aliphatic rings. The Morgan fingerprint density at radius 3 is 1.13 bits per heavy atom. The molecule has 0 spiro atoms. The highest BCUT2D eigenvalue weighted by atomic mass is 16.5. The number of hydrogen-bond acceptors (Lipinski definition) is 10. The van der Waals surface area contributed by atoms with E-state index in [9.17, 15) is 33.6 Å². The van der Waals surface area contributed by atoms with Crippen molar-refractivity contribution < 1.29 is 47.8 Å². The van der Waals surface area contributed by atoms with E-state index >= 15 is 0 Å². The fourth-order valence-corrected chi connectivity index (χ4v) is 4.12. The molecule has 0 aromatic heterocycles. The van der Waals surface area contributed by atoms with Crippen LogP contribution in [0.2, 0.25) is 0 Å². The van der Waals surface area contributed by atoms with Crippen molar-refractivity contribution in [2.24, 2.45) is 17.8 Å². The second kappa shape index (κ2) is 42.4.